The molecule has 3 rings (SSSR count). The van der Waals surface area contributed by atoms with Gasteiger partial charge < -0.3 is 10.6 Å². The zero-order valence-electron chi connectivity index (χ0n) is 15.9. The molecule has 0 saturated heterocycles. The predicted octanol–water partition coefficient (Wildman–Crippen LogP) is 4.79. The van der Waals surface area contributed by atoms with Crippen LogP contribution in [0.1, 0.15) is 65.8 Å². The van der Waals surface area contributed by atoms with Gasteiger partial charge in [0.1, 0.15) is 5.69 Å². The van der Waals surface area contributed by atoms with Gasteiger partial charge in [0.2, 0.25) is 5.95 Å². The molecule has 0 atom stereocenters. The smallest absolute Gasteiger partial charge is 0.274 e. The molecule has 1 aromatic heterocycles. The van der Waals surface area contributed by atoms with Crippen LogP contribution >= 0.6 is 0 Å². The molecule has 2 aromatic rings. The third-order valence-corrected chi connectivity index (χ3v) is 4.91. The molecule has 1 amide bonds. The first-order chi connectivity index (χ1) is 12.5. The number of aromatic nitrogens is 2. The van der Waals surface area contributed by atoms with E-state index in [0.29, 0.717) is 17.7 Å². The van der Waals surface area contributed by atoms with E-state index in [9.17, 15) is 4.79 Å². The van der Waals surface area contributed by atoms with Crippen molar-refractivity contribution in [3.05, 3.63) is 46.8 Å². The Balaban J connectivity index is 1.74. The number of carbonyl (C=O) groups is 1. The maximum atomic E-state index is 12.7. The molecule has 1 aromatic carbocycles. The van der Waals surface area contributed by atoms with Crippen molar-refractivity contribution >= 4 is 17.5 Å². The van der Waals surface area contributed by atoms with E-state index >= 15 is 0 Å². The Hall–Kier alpha value is -2.43. The second-order valence-electron chi connectivity index (χ2n) is 7.32. The third kappa shape index (κ3) is 4.81. The third-order valence-electron chi connectivity index (χ3n) is 4.91. The Bertz CT molecular complexity index is 780. The monoisotopic (exact) mass is 352 g/mol. The maximum absolute atomic E-state index is 12.7. The van der Waals surface area contributed by atoms with E-state index in [0.717, 1.165) is 29.8 Å². The van der Waals surface area contributed by atoms with Gasteiger partial charge in [-0.3, -0.25) is 4.79 Å². The molecule has 2 N–H and O–H groups in total. The number of carbonyl (C=O) groups excluding carboxylic acids is 1. The highest BCUT2D eigenvalue weighted by molar-refractivity contribution is 6.03. The summed E-state index contributed by atoms with van der Waals surface area (Å²) in [5.41, 5.74) is 4.22. The minimum Gasteiger partial charge on any atom is -0.351 e. The minimum atomic E-state index is -0.202. The van der Waals surface area contributed by atoms with Gasteiger partial charge in [-0.15, -0.1) is 0 Å². The van der Waals surface area contributed by atoms with Crippen molar-refractivity contribution in [2.75, 3.05) is 10.6 Å². The summed E-state index contributed by atoms with van der Waals surface area (Å²) < 4.78 is 0. The van der Waals surface area contributed by atoms with E-state index in [4.69, 9.17) is 0 Å². The first-order valence-electron chi connectivity index (χ1n) is 9.52. The van der Waals surface area contributed by atoms with Crippen LogP contribution in [0.25, 0.3) is 0 Å². The van der Waals surface area contributed by atoms with Crippen molar-refractivity contribution in [1.29, 1.82) is 0 Å². The highest BCUT2D eigenvalue weighted by atomic mass is 16.1. The van der Waals surface area contributed by atoms with E-state index < -0.39 is 0 Å². The Kier molecular flexibility index (Phi) is 5.86. The van der Waals surface area contributed by atoms with Gasteiger partial charge in [-0.05, 0) is 51.3 Å². The van der Waals surface area contributed by atoms with E-state index in [1.807, 2.05) is 32.9 Å². The standard InChI is InChI=1S/C21H28N4O/c1-14-10-11-18(15(2)12-14)24-20(26)19-13-16(3)22-21(25-19)23-17-8-6-4-5-7-9-17/h10-13,17H,4-9H2,1-3H3,(H,24,26)(H,22,23,25). The lowest BCUT2D eigenvalue weighted by atomic mass is 10.1. The summed E-state index contributed by atoms with van der Waals surface area (Å²) >= 11 is 0. The minimum absolute atomic E-state index is 0.202. The molecule has 138 valence electrons. The number of hydrogen-bond donors (Lipinski definition) is 2. The molecule has 1 fully saturated rings. The van der Waals surface area contributed by atoms with Crippen LogP contribution in [-0.4, -0.2) is 21.9 Å². The lowest BCUT2D eigenvalue weighted by molar-refractivity contribution is 0.102. The molecule has 1 aliphatic rings. The van der Waals surface area contributed by atoms with Crippen LogP contribution in [0, 0.1) is 20.8 Å². The fraction of sp³-hybridized carbons (Fsp3) is 0.476. The van der Waals surface area contributed by atoms with Gasteiger partial charge in [0.05, 0.1) is 0 Å². The van der Waals surface area contributed by atoms with Gasteiger partial charge in [-0.1, -0.05) is 43.4 Å². The van der Waals surface area contributed by atoms with Crippen molar-refractivity contribution in [3.8, 4) is 0 Å². The molecule has 0 spiro atoms. The van der Waals surface area contributed by atoms with Crippen molar-refractivity contribution in [2.45, 2.75) is 65.3 Å². The van der Waals surface area contributed by atoms with Crippen LogP contribution in [0.5, 0.6) is 0 Å². The lowest BCUT2D eigenvalue weighted by Crippen LogP contribution is -2.22. The van der Waals surface area contributed by atoms with Crippen molar-refractivity contribution < 1.29 is 4.79 Å². The number of aryl methyl sites for hydroxylation is 3. The van der Waals surface area contributed by atoms with E-state index in [2.05, 4.69) is 26.7 Å². The van der Waals surface area contributed by atoms with Gasteiger partial charge in [0.25, 0.3) is 5.91 Å². The molecule has 0 unspecified atom stereocenters. The molecule has 26 heavy (non-hydrogen) atoms. The highest BCUT2D eigenvalue weighted by Gasteiger charge is 2.16. The number of rotatable bonds is 4. The van der Waals surface area contributed by atoms with Gasteiger partial charge in [0, 0.05) is 17.4 Å². The van der Waals surface area contributed by atoms with E-state index in [1.54, 1.807) is 6.07 Å². The normalized spacial score (nSPS) is 15.3. The summed E-state index contributed by atoms with van der Waals surface area (Å²) in [5, 5.41) is 6.40. The Morgan fingerprint density at radius 3 is 2.42 bits per heavy atom. The molecule has 0 radical (unpaired) electrons. The molecule has 1 saturated carbocycles. The Labute approximate surface area is 155 Å². The largest absolute Gasteiger partial charge is 0.351 e. The fourth-order valence-corrected chi connectivity index (χ4v) is 3.50. The van der Waals surface area contributed by atoms with Crippen molar-refractivity contribution in [2.24, 2.45) is 0 Å². The second kappa shape index (κ2) is 8.30. The average Bonchev–Trinajstić information content (AvgIpc) is 2.85. The molecule has 0 aliphatic heterocycles. The van der Waals surface area contributed by atoms with Crippen LogP contribution in [-0.2, 0) is 0 Å². The van der Waals surface area contributed by atoms with Gasteiger partial charge in [0.15, 0.2) is 0 Å². The molecular formula is C21H28N4O. The summed E-state index contributed by atoms with van der Waals surface area (Å²) in [6.07, 6.45) is 7.36. The first-order valence-corrected chi connectivity index (χ1v) is 9.52. The number of hydrogen-bond acceptors (Lipinski definition) is 4. The van der Waals surface area contributed by atoms with Gasteiger partial charge >= 0.3 is 0 Å². The topological polar surface area (TPSA) is 66.9 Å². The summed E-state index contributed by atoms with van der Waals surface area (Å²) in [6.45, 7) is 5.93. The number of amides is 1. The van der Waals surface area contributed by atoms with Crippen LogP contribution in [0.4, 0.5) is 11.6 Å². The number of benzene rings is 1. The van der Waals surface area contributed by atoms with E-state index in [-0.39, 0.29) is 5.91 Å². The van der Waals surface area contributed by atoms with Crippen LogP contribution in [0.15, 0.2) is 24.3 Å². The summed E-state index contributed by atoms with van der Waals surface area (Å²) in [6, 6.07) is 8.11. The zero-order valence-corrected chi connectivity index (χ0v) is 15.9. The van der Waals surface area contributed by atoms with E-state index in [1.165, 1.54) is 31.2 Å². The summed E-state index contributed by atoms with van der Waals surface area (Å²) in [7, 11) is 0. The summed E-state index contributed by atoms with van der Waals surface area (Å²) in [4.78, 5) is 21.6. The highest BCUT2D eigenvalue weighted by Crippen LogP contribution is 2.21. The van der Waals surface area contributed by atoms with Crippen molar-refractivity contribution in [3.63, 3.8) is 0 Å². The van der Waals surface area contributed by atoms with Gasteiger partial charge in [-0.25, -0.2) is 9.97 Å². The zero-order chi connectivity index (χ0) is 18.5. The summed E-state index contributed by atoms with van der Waals surface area (Å²) in [5.74, 6) is 0.356. The molecular weight excluding hydrogens is 324 g/mol. The molecule has 1 aliphatic carbocycles. The SMILES string of the molecule is Cc1ccc(NC(=O)c2cc(C)nc(NC3CCCCCC3)n2)c(C)c1. The quantitative estimate of drug-likeness (QED) is 0.777. The van der Waals surface area contributed by atoms with Crippen LogP contribution in [0.3, 0.4) is 0 Å². The van der Waals surface area contributed by atoms with Crippen LogP contribution in [0.2, 0.25) is 0 Å². The van der Waals surface area contributed by atoms with Gasteiger partial charge in [-0.2, -0.15) is 0 Å². The first kappa shape index (κ1) is 18.4. The number of nitrogens with zero attached hydrogens (tertiary/aromatic N) is 2. The Morgan fingerprint density at radius 1 is 1.00 bits per heavy atom. The number of nitrogens with one attached hydrogen (secondary N) is 2. The Morgan fingerprint density at radius 2 is 1.73 bits per heavy atom. The van der Waals surface area contributed by atoms with Crippen LogP contribution < -0.4 is 10.6 Å². The molecule has 0 bridgehead atoms. The van der Waals surface area contributed by atoms with Crippen molar-refractivity contribution in [1.82, 2.24) is 9.97 Å². The lowest BCUT2D eigenvalue weighted by Gasteiger charge is -2.17. The average molecular weight is 352 g/mol. The molecule has 1 heterocycles. The number of anilines is 2. The second-order valence-corrected chi connectivity index (χ2v) is 7.32. The maximum Gasteiger partial charge on any atom is 0.274 e. The predicted molar refractivity (Wildman–Crippen MR) is 106 cm³/mol. The molecule has 5 nitrogen and oxygen atoms in total. The fourth-order valence-electron chi connectivity index (χ4n) is 3.50. The molecule has 5 heteroatoms.